The molecule has 18 heavy (non-hydrogen) atoms. The third-order valence-electron chi connectivity index (χ3n) is 2.90. The van der Waals surface area contributed by atoms with Crippen LogP contribution in [0.5, 0.6) is 0 Å². The van der Waals surface area contributed by atoms with Gasteiger partial charge in [-0.2, -0.15) is 13.2 Å². The molecule has 0 spiro atoms. The summed E-state index contributed by atoms with van der Waals surface area (Å²) in [5.41, 5.74) is 0. The van der Waals surface area contributed by atoms with Crippen LogP contribution in [0.3, 0.4) is 0 Å². The van der Waals surface area contributed by atoms with E-state index in [1.54, 1.807) is 13.8 Å². The predicted molar refractivity (Wildman–Crippen MR) is 58.6 cm³/mol. The maximum atomic E-state index is 12.2. The highest BCUT2D eigenvalue weighted by Gasteiger charge is 2.43. The molecule has 2 amide bonds. The minimum Gasteiger partial charge on any atom is -0.353 e. The summed E-state index contributed by atoms with van der Waals surface area (Å²) in [4.78, 5) is 23.2. The minimum atomic E-state index is -4.81. The Morgan fingerprint density at radius 3 is 2.11 bits per heavy atom. The summed E-state index contributed by atoms with van der Waals surface area (Å²) in [6.07, 6.45) is -4.09. The number of halogens is 3. The van der Waals surface area contributed by atoms with E-state index in [-0.39, 0.29) is 31.0 Å². The lowest BCUT2D eigenvalue weighted by molar-refractivity contribution is -0.186. The van der Waals surface area contributed by atoms with Crippen molar-refractivity contribution in [2.75, 3.05) is 13.1 Å². The molecule has 0 saturated carbocycles. The summed E-state index contributed by atoms with van der Waals surface area (Å²) < 4.78 is 36.6. The first kappa shape index (κ1) is 14.8. The lowest BCUT2D eigenvalue weighted by Crippen LogP contribution is -2.50. The molecule has 0 atom stereocenters. The second-order valence-electron chi connectivity index (χ2n) is 4.73. The summed E-state index contributed by atoms with van der Waals surface area (Å²) in [5, 5.41) is 2.76. The lowest BCUT2D eigenvalue weighted by atomic mass is 10.0. The van der Waals surface area contributed by atoms with Crippen molar-refractivity contribution in [3.8, 4) is 0 Å². The van der Waals surface area contributed by atoms with Gasteiger partial charge in [0, 0.05) is 25.0 Å². The number of alkyl halides is 3. The molecule has 1 N–H and O–H groups in total. The van der Waals surface area contributed by atoms with Crippen molar-refractivity contribution in [3.63, 3.8) is 0 Å². The quantitative estimate of drug-likeness (QED) is 0.819. The number of likely N-dealkylation sites (tertiary alicyclic amines) is 1. The molecular formula is C11H17F3N2O2. The molecule has 1 fully saturated rings. The van der Waals surface area contributed by atoms with Crippen molar-refractivity contribution >= 4 is 11.8 Å². The van der Waals surface area contributed by atoms with E-state index in [0.29, 0.717) is 12.8 Å². The molecule has 0 aromatic rings. The van der Waals surface area contributed by atoms with Crippen LogP contribution in [0.15, 0.2) is 0 Å². The second-order valence-corrected chi connectivity index (χ2v) is 4.73. The Labute approximate surface area is 104 Å². The van der Waals surface area contributed by atoms with Gasteiger partial charge in [0.15, 0.2) is 0 Å². The third-order valence-corrected chi connectivity index (χ3v) is 2.90. The van der Waals surface area contributed by atoms with Gasteiger partial charge in [0.05, 0.1) is 0 Å². The van der Waals surface area contributed by atoms with Crippen molar-refractivity contribution in [3.05, 3.63) is 0 Å². The summed E-state index contributed by atoms with van der Waals surface area (Å²) in [6, 6.07) is -0.141. The number of piperidine rings is 1. The Morgan fingerprint density at radius 1 is 1.22 bits per heavy atom. The summed E-state index contributed by atoms with van der Waals surface area (Å²) in [5.74, 6) is -2.06. The van der Waals surface area contributed by atoms with Crippen LogP contribution in [-0.4, -0.2) is 42.0 Å². The first-order valence-corrected chi connectivity index (χ1v) is 5.88. The maximum Gasteiger partial charge on any atom is 0.471 e. The Hall–Kier alpha value is -1.27. The van der Waals surface area contributed by atoms with Gasteiger partial charge in [0.25, 0.3) is 0 Å². The molecule has 0 radical (unpaired) electrons. The van der Waals surface area contributed by atoms with Crippen molar-refractivity contribution in [1.29, 1.82) is 0 Å². The van der Waals surface area contributed by atoms with Gasteiger partial charge in [-0.25, -0.2) is 0 Å². The molecule has 7 heteroatoms. The van der Waals surface area contributed by atoms with Crippen LogP contribution in [0.1, 0.15) is 26.7 Å². The molecule has 1 rings (SSSR count). The molecule has 0 aromatic heterocycles. The van der Waals surface area contributed by atoms with Crippen LogP contribution < -0.4 is 5.32 Å². The van der Waals surface area contributed by atoms with Gasteiger partial charge in [-0.1, -0.05) is 13.8 Å². The number of amides is 2. The zero-order chi connectivity index (χ0) is 13.9. The Balaban J connectivity index is 2.42. The zero-order valence-corrected chi connectivity index (χ0v) is 10.4. The molecule has 0 aliphatic carbocycles. The number of nitrogens with one attached hydrogen (secondary N) is 1. The summed E-state index contributed by atoms with van der Waals surface area (Å²) in [6.45, 7) is 3.55. The van der Waals surface area contributed by atoms with Gasteiger partial charge in [-0.05, 0) is 12.8 Å². The maximum absolute atomic E-state index is 12.2. The first-order chi connectivity index (χ1) is 8.21. The largest absolute Gasteiger partial charge is 0.471 e. The van der Waals surface area contributed by atoms with Gasteiger partial charge in [-0.3, -0.25) is 9.59 Å². The highest BCUT2D eigenvalue weighted by atomic mass is 19.4. The number of carbonyl (C=O) groups excluding carboxylic acids is 2. The normalized spacial score (nSPS) is 18.0. The van der Waals surface area contributed by atoms with Gasteiger partial charge >= 0.3 is 12.1 Å². The first-order valence-electron chi connectivity index (χ1n) is 5.88. The van der Waals surface area contributed by atoms with Crippen LogP contribution in [-0.2, 0) is 9.59 Å². The van der Waals surface area contributed by atoms with E-state index >= 15 is 0 Å². The Bertz CT molecular complexity index is 321. The highest BCUT2D eigenvalue weighted by Crippen LogP contribution is 2.21. The van der Waals surface area contributed by atoms with Crippen LogP contribution in [0.4, 0.5) is 13.2 Å². The molecule has 1 aliphatic heterocycles. The molecule has 104 valence electrons. The standard InChI is InChI=1S/C11H17F3N2O2/c1-7(2)9(17)15-8-3-5-16(6-4-8)10(18)11(12,13)14/h7-8H,3-6H2,1-2H3,(H,15,17). The van der Waals surface area contributed by atoms with Crippen molar-refractivity contribution < 1.29 is 22.8 Å². The van der Waals surface area contributed by atoms with E-state index in [1.807, 2.05) is 0 Å². The summed E-state index contributed by atoms with van der Waals surface area (Å²) in [7, 11) is 0. The predicted octanol–water partition coefficient (Wildman–Crippen LogP) is 1.31. The highest BCUT2D eigenvalue weighted by molar-refractivity contribution is 5.82. The van der Waals surface area contributed by atoms with E-state index in [9.17, 15) is 22.8 Å². The van der Waals surface area contributed by atoms with E-state index in [4.69, 9.17) is 0 Å². The van der Waals surface area contributed by atoms with Crippen molar-refractivity contribution in [1.82, 2.24) is 10.2 Å². The van der Waals surface area contributed by atoms with Crippen LogP contribution in [0.2, 0.25) is 0 Å². The van der Waals surface area contributed by atoms with Crippen LogP contribution >= 0.6 is 0 Å². The average Bonchev–Trinajstić information content (AvgIpc) is 2.27. The lowest BCUT2D eigenvalue weighted by Gasteiger charge is -2.33. The van der Waals surface area contributed by atoms with E-state index < -0.39 is 12.1 Å². The topological polar surface area (TPSA) is 49.4 Å². The van der Waals surface area contributed by atoms with E-state index in [1.165, 1.54) is 0 Å². The van der Waals surface area contributed by atoms with Crippen molar-refractivity contribution in [2.24, 2.45) is 5.92 Å². The number of hydrogen-bond acceptors (Lipinski definition) is 2. The second kappa shape index (κ2) is 5.58. The molecule has 0 unspecified atom stereocenters. The SMILES string of the molecule is CC(C)C(=O)NC1CCN(C(=O)C(F)(F)F)CC1. The summed E-state index contributed by atoms with van der Waals surface area (Å²) >= 11 is 0. The fraction of sp³-hybridized carbons (Fsp3) is 0.818. The molecule has 0 aromatic carbocycles. The monoisotopic (exact) mass is 266 g/mol. The Kier molecular flexibility index (Phi) is 4.59. The van der Waals surface area contributed by atoms with Gasteiger partial charge in [0.2, 0.25) is 5.91 Å². The molecular weight excluding hydrogens is 249 g/mol. The minimum absolute atomic E-state index is 0.0292. The van der Waals surface area contributed by atoms with Gasteiger partial charge in [-0.15, -0.1) is 0 Å². The van der Waals surface area contributed by atoms with Gasteiger partial charge < -0.3 is 10.2 Å². The number of nitrogens with zero attached hydrogens (tertiary/aromatic N) is 1. The van der Waals surface area contributed by atoms with Gasteiger partial charge in [0.1, 0.15) is 0 Å². The number of hydrogen-bond donors (Lipinski definition) is 1. The molecule has 0 bridgehead atoms. The van der Waals surface area contributed by atoms with Crippen LogP contribution in [0, 0.1) is 5.92 Å². The van der Waals surface area contributed by atoms with Crippen LogP contribution in [0.25, 0.3) is 0 Å². The smallest absolute Gasteiger partial charge is 0.353 e. The van der Waals surface area contributed by atoms with E-state index in [2.05, 4.69) is 5.32 Å². The number of rotatable bonds is 2. The zero-order valence-electron chi connectivity index (χ0n) is 10.4. The molecule has 1 aliphatic rings. The Morgan fingerprint density at radius 2 is 1.72 bits per heavy atom. The molecule has 4 nitrogen and oxygen atoms in total. The fourth-order valence-corrected chi connectivity index (χ4v) is 1.77. The molecule has 1 heterocycles. The van der Waals surface area contributed by atoms with Crippen molar-refractivity contribution in [2.45, 2.75) is 38.9 Å². The number of carbonyl (C=O) groups is 2. The van der Waals surface area contributed by atoms with E-state index in [0.717, 1.165) is 4.90 Å². The molecule has 1 saturated heterocycles. The third kappa shape index (κ3) is 3.89. The fourth-order valence-electron chi connectivity index (χ4n) is 1.77. The average molecular weight is 266 g/mol.